The lowest BCUT2D eigenvalue weighted by molar-refractivity contribution is 0.414. The average Bonchev–Trinajstić information content (AvgIpc) is 3.23. The second-order valence-electron chi connectivity index (χ2n) is 9.29. The largest absolute Gasteiger partial charge is 0.497 e. The van der Waals surface area contributed by atoms with Crippen LogP contribution in [0.4, 0.5) is 0 Å². The molecular formula is C33H29NO3S. The highest BCUT2D eigenvalue weighted by atomic mass is 32.2. The minimum Gasteiger partial charge on any atom is -0.497 e. The highest BCUT2D eigenvalue weighted by molar-refractivity contribution is 7.89. The summed E-state index contributed by atoms with van der Waals surface area (Å²) in [5.41, 5.74) is 6.32. The van der Waals surface area contributed by atoms with Crippen LogP contribution in [0.2, 0.25) is 0 Å². The molecule has 1 N–H and O–H groups in total. The van der Waals surface area contributed by atoms with E-state index in [2.05, 4.69) is 28.7 Å². The number of nitrogens with one attached hydrogen (secondary N) is 1. The lowest BCUT2D eigenvalue weighted by Crippen LogP contribution is -2.26. The summed E-state index contributed by atoms with van der Waals surface area (Å²) >= 11 is 0. The third-order valence-electron chi connectivity index (χ3n) is 6.70. The van der Waals surface area contributed by atoms with E-state index in [9.17, 15) is 8.42 Å². The summed E-state index contributed by atoms with van der Waals surface area (Å²) in [6, 6.07) is 32.8. The number of fused-ring (bicyclic) bond motifs is 1. The van der Waals surface area contributed by atoms with E-state index >= 15 is 0 Å². The van der Waals surface area contributed by atoms with Gasteiger partial charge in [0, 0.05) is 6.42 Å². The normalized spacial score (nSPS) is 14.4. The summed E-state index contributed by atoms with van der Waals surface area (Å²) in [4.78, 5) is 0.215. The highest BCUT2D eigenvalue weighted by Gasteiger charge is 2.35. The van der Waals surface area contributed by atoms with Crippen LogP contribution in [0.25, 0.3) is 5.57 Å². The summed E-state index contributed by atoms with van der Waals surface area (Å²) in [7, 11) is -2.22. The molecule has 0 heterocycles. The molecule has 0 spiro atoms. The Kier molecular flexibility index (Phi) is 7.35. The van der Waals surface area contributed by atoms with E-state index in [-0.39, 0.29) is 10.8 Å². The number of benzene rings is 4. The van der Waals surface area contributed by atoms with Crippen LogP contribution in [-0.2, 0) is 16.4 Å². The van der Waals surface area contributed by atoms with E-state index in [1.165, 1.54) is 5.56 Å². The van der Waals surface area contributed by atoms with Gasteiger partial charge in [-0.1, -0.05) is 90.2 Å². The zero-order chi connectivity index (χ0) is 26.5. The Labute approximate surface area is 225 Å². The molecular weight excluding hydrogens is 490 g/mol. The predicted molar refractivity (Wildman–Crippen MR) is 152 cm³/mol. The Morgan fingerprint density at radius 1 is 0.868 bits per heavy atom. The summed E-state index contributed by atoms with van der Waals surface area (Å²) in [6.07, 6.45) is 1.48. The fourth-order valence-electron chi connectivity index (χ4n) is 4.74. The zero-order valence-electron chi connectivity index (χ0n) is 21.4. The molecule has 5 rings (SSSR count). The molecule has 4 aromatic rings. The van der Waals surface area contributed by atoms with Gasteiger partial charge in [0.2, 0.25) is 0 Å². The van der Waals surface area contributed by atoms with E-state index in [0.717, 1.165) is 28.7 Å². The summed E-state index contributed by atoms with van der Waals surface area (Å²) in [6.45, 7) is 1.93. The van der Waals surface area contributed by atoms with Crippen molar-refractivity contribution in [3.05, 3.63) is 137 Å². The van der Waals surface area contributed by atoms with Crippen LogP contribution < -0.4 is 9.46 Å². The molecule has 0 bridgehead atoms. The van der Waals surface area contributed by atoms with Gasteiger partial charge in [-0.15, -0.1) is 0 Å². The van der Waals surface area contributed by atoms with Gasteiger partial charge in [0.25, 0.3) is 10.0 Å². The first kappa shape index (κ1) is 25.4. The van der Waals surface area contributed by atoms with E-state index in [4.69, 9.17) is 4.74 Å². The second-order valence-corrected chi connectivity index (χ2v) is 11.0. The standard InChI is InChI=1S/C33H29NO3S/c1-24-17-20-28(21-18-24)38(35,36)34-33-30(16-10-9-13-25-11-5-3-6-12-25)29-22-19-27(37-2)23-31(29)32(33)26-14-7-4-8-15-26/h3-8,11-12,14-15,17-23,32,34H,9,13H2,1-2H3/t32-/m1/s1. The van der Waals surface area contributed by atoms with E-state index < -0.39 is 10.0 Å². The molecule has 4 nitrogen and oxygen atoms in total. The van der Waals surface area contributed by atoms with Crippen LogP contribution in [0.3, 0.4) is 0 Å². The van der Waals surface area contributed by atoms with Crippen molar-refractivity contribution in [2.75, 3.05) is 7.11 Å². The Morgan fingerprint density at radius 3 is 2.24 bits per heavy atom. The fraction of sp³-hybridized carbons (Fsp3) is 0.152. The quantitative estimate of drug-likeness (QED) is 0.285. The zero-order valence-corrected chi connectivity index (χ0v) is 22.3. The van der Waals surface area contributed by atoms with Gasteiger partial charge in [-0.05, 0) is 65.9 Å². The number of sulfonamides is 1. The summed E-state index contributed by atoms with van der Waals surface area (Å²) < 4.78 is 35.7. The SMILES string of the molecule is COc1ccc2c(c1)[C@@H](c1ccccc1)C(NS(=O)(=O)c1ccc(C)cc1)=C2C#CCCc1ccccc1. The molecule has 0 saturated carbocycles. The number of methoxy groups -OCH3 is 1. The number of aryl methyl sites for hydroxylation is 2. The van der Waals surface area contributed by atoms with Crippen LogP contribution in [0.5, 0.6) is 5.75 Å². The first-order valence-electron chi connectivity index (χ1n) is 12.6. The van der Waals surface area contributed by atoms with Gasteiger partial charge in [-0.2, -0.15) is 0 Å². The lowest BCUT2D eigenvalue weighted by atomic mass is 9.91. The lowest BCUT2D eigenvalue weighted by Gasteiger charge is -2.19. The van der Waals surface area contributed by atoms with Crippen molar-refractivity contribution in [2.45, 2.75) is 30.6 Å². The monoisotopic (exact) mass is 519 g/mol. The van der Waals surface area contributed by atoms with Gasteiger partial charge >= 0.3 is 0 Å². The van der Waals surface area contributed by atoms with Crippen molar-refractivity contribution in [1.82, 2.24) is 4.72 Å². The fourth-order valence-corrected chi connectivity index (χ4v) is 5.86. The molecule has 0 aromatic heterocycles. The van der Waals surface area contributed by atoms with Gasteiger partial charge in [0.05, 0.1) is 29.2 Å². The van der Waals surface area contributed by atoms with Crippen molar-refractivity contribution in [1.29, 1.82) is 0 Å². The van der Waals surface area contributed by atoms with Crippen molar-refractivity contribution in [3.63, 3.8) is 0 Å². The Bertz CT molecular complexity index is 1630. The molecule has 1 atom stereocenters. The molecule has 5 heteroatoms. The maximum absolute atomic E-state index is 13.6. The Morgan fingerprint density at radius 2 is 1.55 bits per heavy atom. The molecule has 0 aliphatic heterocycles. The van der Waals surface area contributed by atoms with Crippen LogP contribution >= 0.6 is 0 Å². The van der Waals surface area contributed by atoms with E-state index in [1.807, 2.05) is 73.7 Å². The van der Waals surface area contributed by atoms with Crippen molar-refractivity contribution >= 4 is 15.6 Å². The summed E-state index contributed by atoms with van der Waals surface area (Å²) in [5.74, 6) is 7.03. The third-order valence-corrected chi connectivity index (χ3v) is 8.08. The van der Waals surface area contributed by atoms with Crippen LogP contribution in [0.1, 0.15) is 40.2 Å². The number of rotatable bonds is 7. The highest BCUT2D eigenvalue weighted by Crippen LogP contribution is 2.46. The number of allylic oxidation sites excluding steroid dienone is 2. The molecule has 0 fully saturated rings. The number of hydrogen-bond acceptors (Lipinski definition) is 3. The Hall–Kier alpha value is -4.27. The van der Waals surface area contributed by atoms with E-state index in [1.54, 1.807) is 31.4 Å². The van der Waals surface area contributed by atoms with Crippen molar-refractivity contribution in [2.24, 2.45) is 0 Å². The van der Waals surface area contributed by atoms with Crippen LogP contribution in [0, 0.1) is 18.8 Å². The van der Waals surface area contributed by atoms with Gasteiger partial charge in [0.1, 0.15) is 5.75 Å². The molecule has 190 valence electrons. The maximum Gasteiger partial charge on any atom is 0.261 e. The van der Waals surface area contributed by atoms with E-state index in [0.29, 0.717) is 23.4 Å². The molecule has 0 radical (unpaired) electrons. The molecule has 0 amide bonds. The maximum atomic E-state index is 13.6. The third kappa shape index (κ3) is 5.37. The predicted octanol–water partition coefficient (Wildman–Crippen LogP) is 6.47. The first-order valence-corrected chi connectivity index (χ1v) is 14.0. The Balaban J connectivity index is 1.61. The molecule has 0 unspecified atom stereocenters. The van der Waals surface area contributed by atoms with Gasteiger partial charge in [0.15, 0.2) is 0 Å². The number of ether oxygens (including phenoxy) is 1. The second kappa shape index (κ2) is 11.0. The molecule has 38 heavy (non-hydrogen) atoms. The minimum absolute atomic E-state index is 0.215. The van der Waals surface area contributed by atoms with Crippen molar-refractivity contribution < 1.29 is 13.2 Å². The average molecular weight is 520 g/mol. The number of hydrogen-bond donors (Lipinski definition) is 1. The molecule has 4 aromatic carbocycles. The van der Waals surface area contributed by atoms with Crippen LogP contribution in [0.15, 0.2) is 114 Å². The van der Waals surface area contributed by atoms with Gasteiger partial charge in [-0.3, -0.25) is 4.72 Å². The molecule has 1 aliphatic rings. The molecule has 1 aliphatic carbocycles. The van der Waals surface area contributed by atoms with Crippen molar-refractivity contribution in [3.8, 4) is 17.6 Å². The summed E-state index contributed by atoms with van der Waals surface area (Å²) in [5, 5.41) is 0. The topological polar surface area (TPSA) is 55.4 Å². The first-order chi connectivity index (χ1) is 18.5. The molecule has 0 saturated heterocycles. The van der Waals surface area contributed by atoms with Gasteiger partial charge < -0.3 is 4.74 Å². The van der Waals surface area contributed by atoms with Gasteiger partial charge in [-0.25, -0.2) is 8.42 Å². The van der Waals surface area contributed by atoms with Crippen LogP contribution in [-0.4, -0.2) is 15.5 Å². The smallest absolute Gasteiger partial charge is 0.261 e. The minimum atomic E-state index is -3.85.